The smallest absolute Gasteiger partial charge is 0.0487 e. The van der Waals surface area contributed by atoms with E-state index in [0.29, 0.717) is 5.92 Å². The molecule has 1 aromatic carbocycles. The molecule has 1 unspecified atom stereocenters. The Morgan fingerprint density at radius 3 is 2.70 bits per heavy atom. The van der Waals surface area contributed by atoms with Gasteiger partial charge in [-0.2, -0.15) is 0 Å². The van der Waals surface area contributed by atoms with Gasteiger partial charge in [-0.1, -0.05) is 36.7 Å². The Morgan fingerprint density at radius 2 is 2.00 bits per heavy atom. The van der Waals surface area contributed by atoms with E-state index in [9.17, 15) is 0 Å². The summed E-state index contributed by atoms with van der Waals surface area (Å²) in [7, 11) is 1.71. The lowest BCUT2D eigenvalue weighted by atomic mass is 9.96. The molecule has 4 heteroatoms. The monoisotopic (exact) mass is 299 g/mol. The molecule has 0 fully saturated rings. The first-order valence-electron chi connectivity index (χ1n) is 7.31. The zero-order chi connectivity index (χ0) is 14.6. The molecule has 1 N–H and O–H groups in total. The maximum atomic E-state index is 6.29. The molecule has 20 heavy (non-hydrogen) atoms. The van der Waals surface area contributed by atoms with E-state index in [4.69, 9.17) is 21.1 Å². The van der Waals surface area contributed by atoms with Crippen molar-refractivity contribution in [3.8, 4) is 0 Å². The molecule has 3 nitrogen and oxygen atoms in total. The predicted octanol–water partition coefficient (Wildman–Crippen LogP) is 3.48. The first kappa shape index (κ1) is 17.4. The van der Waals surface area contributed by atoms with E-state index in [-0.39, 0.29) is 0 Å². The van der Waals surface area contributed by atoms with Gasteiger partial charge in [-0.25, -0.2) is 0 Å². The van der Waals surface area contributed by atoms with E-state index >= 15 is 0 Å². The normalized spacial score (nSPS) is 12.6. The maximum absolute atomic E-state index is 6.29. The van der Waals surface area contributed by atoms with Crippen molar-refractivity contribution in [1.29, 1.82) is 0 Å². The molecular formula is C16H26ClNO2. The molecule has 0 heterocycles. The number of benzene rings is 1. The molecule has 114 valence electrons. The third kappa shape index (κ3) is 6.71. The highest BCUT2D eigenvalue weighted by Crippen LogP contribution is 2.26. The molecule has 0 spiro atoms. The van der Waals surface area contributed by atoms with Crippen LogP contribution >= 0.6 is 11.6 Å². The SMILES string of the molecule is CCNCC(CCOCCCOC)c1ccccc1Cl. The second-order valence-electron chi connectivity index (χ2n) is 4.77. The highest BCUT2D eigenvalue weighted by molar-refractivity contribution is 6.31. The van der Waals surface area contributed by atoms with Gasteiger partial charge in [-0.3, -0.25) is 0 Å². The molecule has 1 aromatic rings. The standard InChI is InChI=1S/C16H26ClNO2/c1-3-18-13-14(9-12-20-11-6-10-19-2)15-7-4-5-8-16(15)17/h4-5,7-8,14,18H,3,6,9-13H2,1-2H3. The van der Waals surface area contributed by atoms with Gasteiger partial charge in [0.25, 0.3) is 0 Å². The summed E-state index contributed by atoms with van der Waals surface area (Å²) in [5.41, 5.74) is 1.20. The molecule has 0 aliphatic heterocycles. The lowest BCUT2D eigenvalue weighted by Gasteiger charge is -2.19. The van der Waals surface area contributed by atoms with Gasteiger partial charge >= 0.3 is 0 Å². The van der Waals surface area contributed by atoms with Crippen LogP contribution in [0.1, 0.15) is 31.2 Å². The summed E-state index contributed by atoms with van der Waals surface area (Å²) in [6, 6.07) is 8.07. The zero-order valence-electron chi connectivity index (χ0n) is 12.5. The minimum Gasteiger partial charge on any atom is -0.385 e. The topological polar surface area (TPSA) is 30.5 Å². The fourth-order valence-corrected chi connectivity index (χ4v) is 2.42. The number of ether oxygens (including phenoxy) is 2. The summed E-state index contributed by atoms with van der Waals surface area (Å²) >= 11 is 6.29. The number of nitrogens with one attached hydrogen (secondary N) is 1. The largest absolute Gasteiger partial charge is 0.385 e. The van der Waals surface area contributed by atoms with Crippen molar-refractivity contribution in [2.24, 2.45) is 0 Å². The van der Waals surface area contributed by atoms with Crippen molar-refractivity contribution in [3.05, 3.63) is 34.9 Å². The molecule has 0 bridgehead atoms. The van der Waals surface area contributed by atoms with Crippen LogP contribution in [0.3, 0.4) is 0 Å². The van der Waals surface area contributed by atoms with Crippen LogP contribution in [0, 0.1) is 0 Å². The second-order valence-corrected chi connectivity index (χ2v) is 5.18. The molecule has 0 amide bonds. The summed E-state index contributed by atoms with van der Waals surface area (Å²) < 4.78 is 10.7. The fourth-order valence-electron chi connectivity index (χ4n) is 2.13. The van der Waals surface area contributed by atoms with Crippen LogP contribution in [-0.4, -0.2) is 40.0 Å². The third-order valence-electron chi connectivity index (χ3n) is 3.23. The van der Waals surface area contributed by atoms with Crippen LogP contribution in [0.4, 0.5) is 0 Å². The molecule has 0 saturated heterocycles. The van der Waals surface area contributed by atoms with Crippen molar-refractivity contribution >= 4 is 11.6 Å². The van der Waals surface area contributed by atoms with Gasteiger partial charge in [0.1, 0.15) is 0 Å². The molecule has 0 saturated carbocycles. The van der Waals surface area contributed by atoms with Crippen molar-refractivity contribution in [2.45, 2.75) is 25.7 Å². The molecule has 1 rings (SSSR count). The minimum atomic E-state index is 0.395. The van der Waals surface area contributed by atoms with Crippen LogP contribution in [-0.2, 0) is 9.47 Å². The van der Waals surface area contributed by atoms with Gasteiger partial charge in [0.05, 0.1) is 0 Å². The Kier molecular flexibility index (Phi) is 9.67. The highest BCUT2D eigenvalue weighted by Gasteiger charge is 2.13. The van der Waals surface area contributed by atoms with Gasteiger partial charge in [-0.05, 0) is 36.9 Å². The van der Waals surface area contributed by atoms with Crippen molar-refractivity contribution < 1.29 is 9.47 Å². The summed E-state index contributed by atoms with van der Waals surface area (Å²) in [6.07, 6.45) is 1.92. The quantitative estimate of drug-likeness (QED) is 0.635. The summed E-state index contributed by atoms with van der Waals surface area (Å²) in [5.74, 6) is 0.395. The fraction of sp³-hybridized carbons (Fsp3) is 0.625. The highest BCUT2D eigenvalue weighted by atomic mass is 35.5. The zero-order valence-corrected chi connectivity index (χ0v) is 13.3. The van der Waals surface area contributed by atoms with E-state index in [1.807, 2.05) is 18.2 Å². The summed E-state index contributed by atoms with van der Waals surface area (Å²) in [6.45, 7) is 6.28. The number of methoxy groups -OCH3 is 1. The first-order valence-corrected chi connectivity index (χ1v) is 7.69. The lowest BCUT2D eigenvalue weighted by Crippen LogP contribution is -2.22. The lowest BCUT2D eigenvalue weighted by molar-refractivity contribution is 0.0980. The molecule has 1 atom stereocenters. The van der Waals surface area contributed by atoms with Gasteiger partial charge < -0.3 is 14.8 Å². The number of hydrogen-bond acceptors (Lipinski definition) is 3. The van der Waals surface area contributed by atoms with E-state index in [1.165, 1.54) is 5.56 Å². The van der Waals surface area contributed by atoms with Crippen molar-refractivity contribution in [1.82, 2.24) is 5.32 Å². The Hall–Kier alpha value is -0.610. The number of hydrogen-bond donors (Lipinski definition) is 1. The summed E-state index contributed by atoms with van der Waals surface area (Å²) in [5, 5.41) is 4.24. The first-order chi connectivity index (χ1) is 9.79. The Labute approximate surface area is 127 Å². The number of likely N-dealkylation sites (N-methyl/N-ethyl adjacent to an activating group) is 1. The average Bonchev–Trinajstić information content (AvgIpc) is 2.47. The van der Waals surface area contributed by atoms with E-state index in [1.54, 1.807) is 7.11 Å². The molecular weight excluding hydrogens is 274 g/mol. The number of halogens is 1. The van der Waals surface area contributed by atoms with Gasteiger partial charge in [0, 0.05) is 38.5 Å². The number of rotatable bonds is 11. The maximum Gasteiger partial charge on any atom is 0.0487 e. The molecule has 0 radical (unpaired) electrons. The minimum absolute atomic E-state index is 0.395. The van der Waals surface area contributed by atoms with Gasteiger partial charge in [0.2, 0.25) is 0 Å². The van der Waals surface area contributed by atoms with Crippen LogP contribution in [0.15, 0.2) is 24.3 Å². The molecule has 0 aliphatic carbocycles. The summed E-state index contributed by atoms with van der Waals surface area (Å²) in [4.78, 5) is 0. The van der Waals surface area contributed by atoms with Gasteiger partial charge in [-0.15, -0.1) is 0 Å². The van der Waals surface area contributed by atoms with Crippen LogP contribution < -0.4 is 5.32 Å². The Balaban J connectivity index is 2.42. The third-order valence-corrected chi connectivity index (χ3v) is 3.58. The van der Waals surface area contributed by atoms with E-state index < -0.39 is 0 Å². The Bertz CT molecular complexity index is 360. The van der Waals surface area contributed by atoms with Crippen molar-refractivity contribution in [3.63, 3.8) is 0 Å². The van der Waals surface area contributed by atoms with Crippen LogP contribution in [0.25, 0.3) is 0 Å². The Morgan fingerprint density at radius 1 is 1.20 bits per heavy atom. The predicted molar refractivity (Wildman–Crippen MR) is 84.7 cm³/mol. The van der Waals surface area contributed by atoms with Gasteiger partial charge in [0.15, 0.2) is 0 Å². The van der Waals surface area contributed by atoms with E-state index in [2.05, 4.69) is 18.3 Å². The van der Waals surface area contributed by atoms with Crippen LogP contribution in [0.5, 0.6) is 0 Å². The molecule has 0 aromatic heterocycles. The molecule has 0 aliphatic rings. The second kappa shape index (κ2) is 11.1. The van der Waals surface area contributed by atoms with Crippen LogP contribution in [0.2, 0.25) is 5.02 Å². The average molecular weight is 300 g/mol. The van der Waals surface area contributed by atoms with Crippen molar-refractivity contribution in [2.75, 3.05) is 40.0 Å². The van der Waals surface area contributed by atoms with E-state index in [0.717, 1.165) is 50.8 Å².